The van der Waals surface area contributed by atoms with Gasteiger partial charge in [0.25, 0.3) is 5.91 Å². The number of thioether (sulfide) groups is 1. The Kier molecular flexibility index (Phi) is 7.24. The molecule has 0 radical (unpaired) electrons. The minimum absolute atomic E-state index is 0.0748. The van der Waals surface area contributed by atoms with Gasteiger partial charge in [0.2, 0.25) is 5.91 Å². The zero-order chi connectivity index (χ0) is 21.5. The van der Waals surface area contributed by atoms with Crippen molar-refractivity contribution in [2.75, 3.05) is 5.75 Å². The predicted octanol–water partition coefficient (Wildman–Crippen LogP) is 3.02. The van der Waals surface area contributed by atoms with Crippen molar-refractivity contribution in [2.24, 2.45) is 7.05 Å². The first kappa shape index (κ1) is 21.6. The third-order valence-corrected chi connectivity index (χ3v) is 5.57. The lowest BCUT2D eigenvalue weighted by molar-refractivity contribution is -0.118. The van der Waals surface area contributed by atoms with Crippen LogP contribution in [0.5, 0.6) is 0 Å². The number of amides is 2. The van der Waals surface area contributed by atoms with Crippen LogP contribution in [0.2, 0.25) is 0 Å². The molecule has 0 saturated heterocycles. The van der Waals surface area contributed by atoms with Crippen molar-refractivity contribution >= 4 is 23.6 Å². The fourth-order valence-corrected chi connectivity index (χ4v) is 3.69. The van der Waals surface area contributed by atoms with Crippen molar-refractivity contribution in [3.63, 3.8) is 0 Å². The van der Waals surface area contributed by atoms with Gasteiger partial charge in [0.1, 0.15) is 0 Å². The number of aromatic nitrogens is 3. The van der Waals surface area contributed by atoms with Crippen LogP contribution in [0.3, 0.4) is 0 Å². The minimum Gasteiger partial charge on any atom is -0.351 e. The lowest BCUT2D eigenvalue weighted by Crippen LogP contribution is -2.28. The van der Waals surface area contributed by atoms with Gasteiger partial charge in [-0.05, 0) is 31.5 Å². The van der Waals surface area contributed by atoms with Crippen LogP contribution in [0.25, 0.3) is 0 Å². The number of nitrogens with one attached hydrogen (secondary N) is 2. The molecular formula is C22H25N5O2S. The number of carbonyl (C=O) groups excluding carboxylic acids is 2. The molecule has 3 aromatic rings. The van der Waals surface area contributed by atoms with Crippen molar-refractivity contribution in [1.29, 1.82) is 0 Å². The van der Waals surface area contributed by atoms with E-state index >= 15 is 0 Å². The Morgan fingerprint density at radius 3 is 2.60 bits per heavy atom. The molecule has 30 heavy (non-hydrogen) atoms. The first-order valence-electron chi connectivity index (χ1n) is 9.64. The van der Waals surface area contributed by atoms with Crippen molar-refractivity contribution in [2.45, 2.75) is 31.6 Å². The zero-order valence-corrected chi connectivity index (χ0v) is 18.1. The maximum Gasteiger partial charge on any atom is 0.251 e. The normalized spacial score (nSPS) is 11.7. The maximum atomic E-state index is 12.5. The van der Waals surface area contributed by atoms with Crippen molar-refractivity contribution in [3.8, 4) is 0 Å². The number of benzene rings is 2. The highest BCUT2D eigenvalue weighted by molar-refractivity contribution is 7.99. The minimum atomic E-state index is -0.322. The Hall–Kier alpha value is -3.13. The fourth-order valence-electron chi connectivity index (χ4n) is 2.94. The van der Waals surface area contributed by atoms with Gasteiger partial charge in [-0.2, -0.15) is 0 Å². The van der Waals surface area contributed by atoms with E-state index in [1.165, 1.54) is 11.8 Å². The van der Waals surface area contributed by atoms with Crippen LogP contribution >= 0.6 is 11.8 Å². The number of hydrogen-bond donors (Lipinski definition) is 2. The summed E-state index contributed by atoms with van der Waals surface area (Å²) in [6.45, 7) is 4.30. The van der Waals surface area contributed by atoms with Gasteiger partial charge < -0.3 is 15.2 Å². The first-order chi connectivity index (χ1) is 14.4. The highest BCUT2D eigenvalue weighted by Gasteiger charge is 2.19. The Morgan fingerprint density at radius 1 is 1.10 bits per heavy atom. The largest absolute Gasteiger partial charge is 0.351 e. The predicted molar refractivity (Wildman–Crippen MR) is 117 cm³/mol. The summed E-state index contributed by atoms with van der Waals surface area (Å²) in [6.07, 6.45) is 0. The van der Waals surface area contributed by atoms with E-state index < -0.39 is 0 Å². The molecule has 2 N–H and O–H groups in total. The van der Waals surface area contributed by atoms with E-state index in [4.69, 9.17) is 0 Å². The Bertz CT molecular complexity index is 1020. The molecular weight excluding hydrogens is 398 g/mol. The summed E-state index contributed by atoms with van der Waals surface area (Å²) in [5.41, 5.74) is 2.68. The summed E-state index contributed by atoms with van der Waals surface area (Å²) >= 11 is 1.31. The van der Waals surface area contributed by atoms with Gasteiger partial charge in [-0.15, -0.1) is 10.2 Å². The van der Waals surface area contributed by atoms with Crippen LogP contribution in [-0.4, -0.2) is 32.3 Å². The molecule has 3 rings (SSSR count). The molecule has 0 aliphatic carbocycles. The molecule has 7 nitrogen and oxygen atoms in total. The van der Waals surface area contributed by atoms with E-state index in [-0.39, 0.29) is 23.6 Å². The van der Waals surface area contributed by atoms with Crippen LogP contribution in [0.15, 0.2) is 59.8 Å². The molecule has 0 bridgehead atoms. The van der Waals surface area contributed by atoms with Crippen molar-refractivity contribution < 1.29 is 9.59 Å². The van der Waals surface area contributed by atoms with E-state index in [2.05, 4.69) is 20.8 Å². The van der Waals surface area contributed by atoms with Gasteiger partial charge in [0.05, 0.1) is 11.8 Å². The molecule has 0 saturated carbocycles. The quantitative estimate of drug-likeness (QED) is 0.544. The number of rotatable bonds is 8. The summed E-state index contributed by atoms with van der Waals surface area (Å²) in [5.74, 6) is 0.629. The Labute approximate surface area is 180 Å². The van der Waals surface area contributed by atoms with Gasteiger partial charge >= 0.3 is 0 Å². The third kappa shape index (κ3) is 5.70. The molecule has 0 aliphatic rings. The monoisotopic (exact) mass is 423 g/mol. The van der Waals surface area contributed by atoms with E-state index in [9.17, 15) is 9.59 Å². The van der Waals surface area contributed by atoms with Crippen LogP contribution in [0, 0.1) is 6.92 Å². The summed E-state index contributed by atoms with van der Waals surface area (Å²) < 4.78 is 1.80. The summed E-state index contributed by atoms with van der Waals surface area (Å²) in [6, 6.07) is 16.9. The average Bonchev–Trinajstić information content (AvgIpc) is 3.12. The van der Waals surface area contributed by atoms with E-state index in [0.29, 0.717) is 23.1 Å². The first-order valence-corrected chi connectivity index (χ1v) is 10.6. The van der Waals surface area contributed by atoms with Crippen molar-refractivity contribution in [3.05, 3.63) is 77.1 Å². The number of carbonyl (C=O) groups is 2. The standard InChI is InChI=1S/C22H25N5O2S/c1-15-8-7-11-18(12-15)21(29)24-16(2)20-25-26-22(27(20)3)30-14-19(28)23-13-17-9-5-4-6-10-17/h4-12,16H,13-14H2,1-3H3,(H,23,28)(H,24,29)/t16-/m1/s1. The Morgan fingerprint density at radius 2 is 1.87 bits per heavy atom. The second-order valence-electron chi connectivity index (χ2n) is 7.02. The molecule has 156 valence electrons. The van der Waals surface area contributed by atoms with Crippen molar-refractivity contribution in [1.82, 2.24) is 25.4 Å². The van der Waals surface area contributed by atoms with Crippen LogP contribution < -0.4 is 10.6 Å². The van der Waals surface area contributed by atoms with Gasteiger partial charge in [-0.3, -0.25) is 9.59 Å². The maximum absolute atomic E-state index is 12.5. The van der Waals surface area contributed by atoms with Gasteiger partial charge in [0, 0.05) is 19.2 Å². The lowest BCUT2D eigenvalue weighted by Gasteiger charge is -2.14. The Balaban J connectivity index is 1.53. The molecule has 0 fully saturated rings. The second-order valence-corrected chi connectivity index (χ2v) is 7.96. The van der Waals surface area contributed by atoms with Crippen LogP contribution in [0.1, 0.15) is 40.3 Å². The fraction of sp³-hybridized carbons (Fsp3) is 0.273. The SMILES string of the molecule is Cc1cccc(C(=O)N[C@H](C)c2nnc(SCC(=O)NCc3ccccc3)n2C)c1. The number of hydrogen-bond acceptors (Lipinski definition) is 5. The van der Waals surface area contributed by atoms with Gasteiger partial charge in [0.15, 0.2) is 11.0 Å². The zero-order valence-electron chi connectivity index (χ0n) is 17.3. The molecule has 2 amide bonds. The van der Waals surface area contributed by atoms with E-state index in [1.54, 1.807) is 10.6 Å². The molecule has 1 atom stereocenters. The molecule has 2 aromatic carbocycles. The summed E-state index contributed by atoms with van der Waals surface area (Å²) in [5, 5.41) is 14.8. The van der Waals surface area contributed by atoms with E-state index in [1.807, 2.05) is 69.4 Å². The molecule has 0 unspecified atom stereocenters. The number of aryl methyl sites for hydroxylation is 1. The molecule has 8 heteroatoms. The summed E-state index contributed by atoms with van der Waals surface area (Å²) in [7, 11) is 1.83. The number of nitrogens with zero attached hydrogens (tertiary/aromatic N) is 3. The lowest BCUT2D eigenvalue weighted by atomic mass is 10.1. The highest BCUT2D eigenvalue weighted by Crippen LogP contribution is 2.19. The smallest absolute Gasteiger partial charge is 0.251 e. The highest BCUT2D eigenvalue weighted by atomic mass is 32.2. The molecule has 0 aliphatic heterocycles. The van der Waals surface area contributed by atoms with E-state index in [0.717, 1.165) is 11.1 Å². The van der Waals surface area contributed by atoms with Gasteiger partial charge in [-0.1, -0.05) is 59.8 Å². The van der Waals surface area contributed by atoms with Gasteiger partial charge in [-0.25, -0.2) is 0 Å². The average molecular weight is 424 g/mol. The van der Waals surface area contributed by atoms with Crippen LogP contribution in [0.4, 0.5) is 0 Å². The molecule has 1 heterocycles. The third-order valence-electron chi connectivity index (χ3n) is 4.55. The molecule has 0 spiro atoms. The topological polar surface area (TPSA) is 88.9 Å². The summed E-state index contributed by atoms with van der Waals surface area (Å²) in [4.78, 5) is 24.6. The molecule has 1 aromatic heterocycles. The van der Waals surface area contributed by atoms with Crippen LogP contribution in [-0.2, 0) is 18.4 Å². The second kappa shape index (κ2) is 10.1.